The van der Waals surface area contributed by atoms with E-state index in [4.69, 9.17) is 4.74 Å². The van der Waals surface area contributed by atoms with Gasteiger partial charge in [0.2, 0.25) is 0 Å². The van der Waals surface area contributed by atoms with Crippen LogP contribution < -0.4 is 0 Å². The second-order valence-corrected chi connectivity index (χ2v) is 5.23. The van der Waals surface area contributed by atoms with Crippen LogP contribution in [0.5, 0.6) is 0 Å². The number of ether oxygens (including phenoxy) is 1. The van der Waals surface area contributed by atoms with Gasteiger partial charge in [-0.05, 0) is 25.7 Å². The number of rotatable bonds is 2. The summed E-state index contributed by atoms with van der Waals surface area (Å²) in [5, 5.41) is 0. The lowest BCUT2D eigenvalue weighted by Gasteiger charge is -2.53. The first-order valence-corrected chi connectivity index (χ1v) is 5.95. The van der Waals surface area contributed by atoms with Gasteiger partial charge >= 0.3 is 5.97 Å². The van der Waals surface area contributed by atoms with E-state index in [1.54, 1.807) is 0 Å². The topological polar surface area (TPSA) is 26.3 Å². The van der Waals surface area contributed by atoms with Crippen LogP contribution in [0, 0.1) is 5.41 Å². The minimum Gasteiger partial charge on any atom is -0.458 e. The molecule has 1 aliphatic heterocycles. The van der Waals surface area contributed by atoms with E-state index in [0.29, 0.717) is 6.42 Å². The molecule has 1 aliphatic carbocycles. The zero-order valence-corrected chi connectivity index (χ0v) is 9.55. The Bertz CT molecular complexity index is 284. The first kappa shape index (κ1) is 10.7. The van der Waals surface area contributed by atoms with Crippen LogP contribution in [-0.4, -0.2) is 11.6 Å². The highest BCUT2D eigenvalue weighted by Gasteiger charge is 2.54. The first-order valence-electron chi connectivity index (χ1n) is 5.95. The molecular weight excluding hydrogens is 188 g/mol. The monoisotopic (exact) mass is 208 g/mol. The molecule has 2 atom stereocenters. The average molecular weight is 208 g/mol. The minimum atomic E-state index is -0.234. The Kier molecular flexibility index (Phi) is 2.61. The van der Waals surface area contributed by atoms with Crippen LogP contribution in [0.2, 0.25) is 0 Å². The molecule has 0 radical (unpaired) electrons. The molecule has 1 saturated carbocycles. The molecule has 0 unspecified atom stereocenters. The summed E-state index contributed by atoms with van der Waals surface area (Å²) < 4.78 is 5.71. The molecule has 0 N–H and O–H groups in total. The second kappa shape index (κ2) is 3.66. The molecule has 0 bridgehead atoms. The maximum Gasteiger partial charge on any atom is 0.306 e. The van der Waals surface area contributed by atoms with Gasteiger partial charge in [-0.15, -0.1) is 6.58 Å². The predicted octanol–water partition coefficient (Wildman–Crippen LogP) is 3.22. The summed E-state index contributed by atoms with van der Waals surface area (Å²) in [6.07, 6.45) is 8.95. The van der Waals surface area contributed by atoms with Gasteiger partial charge in [0.25, 0.3) is 0 Å². The molecule has 2 nitrogen and oxygen atoms in total. The van der Waals surface area contributed by atoms with Crippen molar-refractivity contribution < 1.29 is 9.53 Å². The lowest BCUT2D eigenvalue weighted by Crippen LogP contribution is -2.54. The van der Waals surface area contributed by atoms with Crippen molar-refractivity contribution in [2.75, 3.05) is 0 Å². The van der Waals surface area contributed by atoms with Crippen LogP contribution >= 0.6 is 0 Å². The Balaban J connectivity index is 2.30. The Morgan fingerprint density at radius 3 is 2.87 bits per heavy atom. The van der Waals surface area contributed by atoms with E-state index in [1.165, 1.54) is 19.3 Å². The molecule has 0 amide bonds. The number of carbonyl (C=O) groups excluding carboxylic acids is 1. The fourth-order valence-corrected chi connectivity index (χ4v) is 3.25. The lowest BCUT2D eigenvalue weighted by molar-refractivity contribution is -0.199. The van der Waals surface area contributed by atoms with E-state index < -0.39 is 0 Å². The molecule has 2 rings (SSSR count). The normalized spacial score (nSPS) is 40.5. The molecule has 0 aromatic rings. The molecule has 2 aliphatic rings. The van der Waals surface area contributed by atoms with Crippen LogP contribution in [0.15, 0.2) is 12.7 Å². The summed E-state index contributed by atoms with van der Waals surface area (Å²) in [5.74, 6) is -0.0174. The predicted molar refractivity (Wildman–Crippen MR) is 59.4 cm³/mol. The summed E-state index contributed by atoms with van der Waals surface area (Å²) >= 11 is 0. The SMILES string of the molecule is C=CC[C@@]12CCCC[C@]1(C)CCC(=O)O2. The van der Waals surface area contributed by atoms with Crippen molar-refractivity contribution in [1.29, 1.82) is 0 Å². The van der Waals surface area contributed by atoms with E-state index in [9.17, 15) is 4.79 Å². The third-order valence-corrected chi connectivity index (χ3v) is 4.32. The average Bonchev–Trinajstić information content (AvgIpc) is 2.20. The van der Waals surface area contributed by atoms with E-state index in [0.717, 1.165) is 19.3 Å². The molecule has 0 aromatic carbocycles. The van der Waals surface area contributed by atoms with Crippen molar-refractivity contribution in [1.82, 2.24) is 0 Å². The third-order valence-electron chi connectivity index (χ3n) is 4.32. The van der Waals surface area contributed by atoms with E-state index in [1.807, 2.05) is 6.08 Å². The van der Waals surface area contributed by atoms with Crippen LogP contribution in [0.25, 0.3) is 0 Å². The molecule has 1 saturated heterocycles. The van der Waals surface area contributed by atoms with E-state index in [-0.39, 0.29) is 17.0 Å². The Labute approximate surface area is 91.7 Å². The fourth-order valence-electron chi connectivity index (χ4n) is 3.25. The van der Waals surface area contributed by atoms with E-state index >= 15 is 0 Å². The maximum atomic E-state index is 11.5. The number of carbonyl (C=O) groups is 1. The van der Waals surface area contributed by atoms with Gasteiger partial charge in [0, 0.05) is 18.3 Å². The summed E-state index contributed by atoms with van der Waals surface area (Å²) in [6.45, 7) is 6.09. The highest BCUT2D eigenvalue weighted by molar-refractivity contribution is 5.71. The highest BCUT2D eigenvalue weighted by Crippen LogP contribution is 2.53. The van der Waals surface area contributed by atoms with Crippen molar-refractivity contribution in [2.45, 2.75) is 57.5 Å². The second-order valence-electron chi connectivity index (χ2n) is 5.23. The minimum absolute atomic E-state index is 0.0174. The molecular formula is C13H20O2. The zero-order chi connectivity index (χ0) is 10.9. The Hall–Kier alpha value is -0.790. The largest absolute Gasteiger partial charge is 0.458 e. The van der Waals surface area contributed by atoms with Gasteiger partial charge in [0.1, 0.15) is 5.60 Å². The zero-order valence-electron chi connectivity index (χ0n) is 9.55. The molecule has 15 heavy (non-hydrogen) atoms. The fraction of sp³-hybridized carbons (Fsp3) is 0.769. The number of esters is 1. The molecule has 2 heteroatoms. The van der Waals surface area contributed by atoms with Crippen molar-refractivity contribution in [3.8, 4) is 0 Å². The van der Waals surface area contributed by atoms with Gasteiger partial charge in [-0.3, -0.25) is 4.79 Å². The summed E-state index contributed by atoms with van der Waals surface area (Å²) in [4.78, 5) is 11.5. The standard InChI is InChI=1S/C13H20O2/c1-3-7-13-9-5-4-8-12(13,2)10-6-11(14)15-13/h3H,1,4-10H2,2H3/t12-,13-/m1/s1. The highest BCUT2D eigenvalue weighted by atomic mass is 16.6. The Morgan fingerprint density at radius 1 is 1.40 bits per heavy atom. The van der Waals surface area contributed by atoms with Gasteiger partial charge < -0.3 is 4.74 Å². The van der Waals surface area contributed by atoms with Gasteiger partial charge in [-0.2, -0.15) is 0 Å². The van der Waals surface area contributed by atoms with Gasteiger partial charge in [-0.1, -0.05) is 19.4 Å². The first-order chi connectivity index (χ1) is 7.12. The van der Waals surface area contributed by atoms with Crippen LogP contribution in [0.3, 0.4) is 0 Å². The number of hydrogen-bond donors (Lipinski definition) is 0. The van der Waals surface area contributed by atoms with Crippen molar-refractivity contribution >= 4 is 5.97 Å². The third kappa shape index (κ3) is 1.60. The molecule has 84 valence electrons. The summed E-state index contributed by atoms with van der Waals surface area (Å²) in [5.41, 5.74) is -0.0459. The van der Waals surface area contributed by atoms with Crippen LogP contribution in [0.1, 0.15) is 51.9 Å². The van der Waals surface area contributed by atoms with Crippen LogP contribution in [-0.2, 0) is 9.53 Å². The number of hydrogen-bond acceptors (Lipinski definition) is 2. The summed E-state index contributed by atoms with van der Waals surface area (Å²) in [7, 11) is 0. The smallest absolute Gasteiger partial charge is 0.306 e. The van der Waals surface area contributed by atoms with E-state index in [2.05, 4.69) is 13.5 Å². The number of fused-ring (bicyclic) bond motifs is 1. The van der Waals surface area contributed by atoms with Crippen molar-refractivity contribution in [3.63, 3.8) is 0 Å². The Morgan fingerprint density at radius 2 is 2.13 bits per heavy atom. The maximum absolute atomic E-state index is 11.5. The summed E-state index contributed by atoms with van der Waals surface area (Å²) in [6, 6.07) is 0. The molecule has 1 heterocycles. The van der Waals surface area contributed by atoms with Gasteiger partial charge in [0.15, 0.2) is 0 Å². The van der Waals surface area contributed by atoms with Gasteiger partial charge in [0.05, 0.1) is 0 Å². The van der Waals surface area contributed by atoms with Crippen LogP contribution in [0.4, 0.5) is 0 Å². The molecule has 0 spiro atoms. The quantitative estimate of drug-likeness (QED) is 0.514. The van der Waals surface area contributed by atoms with Crippen molar-refractivity contribution in [2.24, 2.45) is 5.41 Å². The lowest BCUT2D eigenvalue weighted by atomic mass is 9.59. The molecule has 2 fully saturated rings. The van der Waals surface area contributed by atoms with Crippen molar-refractivity contribution in [3.05, 3.63) is 12.7 Å². The van der Waals surface area contributed by atoms with Gasteiger partial charge in [-0.25, -0.2) is 0 Å². The molecule has 0 aromatic heterocycles.